The molecule has 0 saturated carbocycles. The number of nitrogens with one attached hydrogen (secondary N) is 2. The Hall–Kier alpha value is -0.910. The molecule has 148 valence electrons. The van der Waals surface area contributed by atoms with Crippen LogP contribution in [0.5, 0.6) is 0 Å². The summed E-state index contributed by atoms with van der Waals surface area (Å²) in [6.45, 7) is 6.00. The second kappa shape index (κ2) is 11.7. The average molecular weight is 495 g/mol. The molecule has 1 aliphatic heterocycles. The Balaban J connectivity index is 0.00000338. The van der Waals surface area contributed by atoms with Gasteiger partial charge in [0.15, 0.2) is 5.96 Å². The van der Waals surface area contributed by atoms with Gasteiger partial charge in [-0.3, -0.25) is 9.89 Å². The molecule has 1 saturated heterocycles. The van der Waals surface area contributed by atoms with Crippen LogP contribution < -0.4 is 10.0 Å². The molecule has 0 atom stereocenters. The summed E-state index contributed by atoms with van der Waals surface area (Å²) in [5.41, 5.74) is 1.34. The van der Waals surface area contributed by atoms with Gasteiger partial charge < -0.3 is 10.2 Å². The Morgan fingerprint density at radius 1 is 1.12 bits per heavy atom. The van der Waals surface area contributed by atoms with E-state index in [1.54, 1.807) is 7.05 Å². The first-order chi connectivity index (χ1) is 12.0. The fraction of sp³-hybridized carbons (Fsp3) is 0.588. The zero-order chi connectivity index (χ0) is 18.1. The second-order valence-electron chi connectivity index (χ2n) is 6.24. The molecule has 26 heavy (non-hydrogen) atoms. The minimum Gasteiger partial charge on any atom is -0.356 e. The number of rotatable bonds is 7. The number of hydrogen-bond donors (Lipinski definition) is 2. The van der Waals surface area contributed by atoms with Gasteiger partial charge in [-0.15, -0.1) is 24.0 Å². The van der Waals surface area contributed by atoms with Gasteiger partial charge in [-0.25, -0.2) is 13.1 Å². The predicted molar refractivity (Wildman–Crippen MR) is 118 cm³/mol. The van der Waals surface area contributed by atoms with E-state index in [0.29, 0.717) is 13.1 Å². The highest BCUT2D eigenvalue weighted by Crippen LogP contribution is 2.08. The number of aliphatic imine (C=N–C) groups is 1. The maximum absolute atomic E-state index is 11.0. The van der Waals surface area contributed by atoms with E-state index in [0.717, 1.165) is 45.1 Å². The van der Waals surface area contributed by atoms with Gasteiger partial charge in [0.25, 0.3) is 0 Å². The van der Waals surface area contributed by atoms with Crippen LogP contribution in [0.15, 0.2) is 35.3 Å². The molecule has 2 rings (SSSR count). The summed E-state index contributed by atoms with van der Waals surface area (Å²) in [7, 11) is -1.32. The molecule has 0 amide bonds. The summed E-state index contributed by atoms with van der Waals surface area (Å²) in [4.78, 5) is 9.05. The molecule has 0 radical (unpaired) electrons. The topological polar surface area (TPSA) is 77.0 Å². The number of piperazine rings is 1. The summed E-state index contributed by atoms with van der Waals surface area (Å²) in [6.07, 6.45) is 1.90. The van der Waals surface area contributed by atoms with Crippen LogP contribution in [0.25, 0.3) is 0 Å². The summed E-state index contributed by atoms with van der Waals surface area (Å²) < 4.78 is 24.5. The molecule has 2 N–H and O–H groups in total. The summed E-state index contributed by atoms with van der Waals surface area (Å²) in [5.74, 6) is 0.888. The van der Waals surface area contributed by atoms with Crippen molar-refractivity contribution >= 4 is 40.0 Å². The minimum atomic E-state index is -3.11. The number of guanidine groups is 1. The third-order valence-electron chi connectivity index (χ3n) is 4.13. The molecule has 0 aliphatic carbocycles. The fourth-order valence-corrected chi connectivity index (χ4v) is 3.35. The van der Waals surface area contributed by atoms with Crippen molar-refractivity contribution in [2.75, 3.05) is 52.6 Å². The number of halogens is 1. The molecule has 1 fully saturated rings. The van der Waals surface area contributed by atoms with Gasteiger partial charge in [0, 0.05) is 52.9 Å². The number of sulfonamides is 1. The summed E-state index contributed by atoms with van der Waals surface area (Å²) >= 11 is 0. The lowest BCUT2D eigenvalue weighted by atomic mass is 10.2. The first-order valence-electron chi connectivity index (χ1n) is 8.64. The molecule has 1 aromatic carbocycles. The van der Waals surface area contributed by atoms with Crippen molar-refractivity contribution in [3.05, 3.63) is 35.9 Å². The normalized spacial score (nSPS) is 16.2. The molecule has 9 heteroatoms. The first-order valence-corrected chi connectivity index (χ1v) is 10.5. The van der Waals surface area contributed by atoms with Gasteiger partial charge in [-0.2, -0.15) is 0 Å². The second-order valence-corrected chi connectivity index (χ2v) is 8.08. The highest BCUT2D eigenvalue weighted by Gasteiger charge is 2.19. The van der Waals surface area contributed by atoms with Crippen LogP contribution in [0.2, 0.25) is 0 Å². The van der Waals surface area contributed by atoms with Gasteiger partial charge in [0.1, 0.15) is 0 Å². The Morgan fingerprint density at radius 2 is 1.77 bits per heavy atom. The van der Waals surface area contributed by atoms with Gasteiger partial charge in [-0.05, 0) is 12.0 Å². The van der Waals surface area contributed by atoms with Gasteiger partial charge in [0.2, 0.25) is 10.0 Å². The van der Waals surface area contributed by atoms with Crippen molar-refractivity contribution in [2.45, 2.75) is 13.0 Å². The van der Waals surface area contributed by atoms with Crippen LogP contribution in [0, 0.1) is 0 Å². The van der Waals surface area contributed by atoms with E-state index < -0.39 is 10.0 Å². The van der Waals surface area contributed by atoms with Crippen LogP contribution in [0.3, 0.4) is 0 Å². The average Bonchev–Trinajstić information content (AvgIpc) is 2.59. The number of benzene rings is 1. The Bertz CT molecular complexity index is 646. The molecule has 0 unspecified atom stereocenters. The predicted octanol–water partition coefficient (Wildman–Crippen LogP) is 0.937. The lowest BCUT2D eigenvalue weighted by Gasteiger charge is -2.36. The van der Waals surface area contributed by atoms with Crippen molar-refractivity contribution in [1.29, 1.82) is 0 Å². The lowest BCUT2D eigenvalue weighted by Crippen LogP contribution is -2.52. The monoisotopic (exact) mass is 495 g/mol. The quantitative estimate of drug-likeness (QED) is 0.255. The van der Waals surface area contributed by atoms with E-state index in [2.05, 4.69) is 49.1 Å². The van der Waals surface area contributed by atoms with Crippen LogP contribution in [-0.2, 0) is 16.6 Å². The molecule has 7 nitrogen and oxygen atoms in total. The van der Waals surface area contributed by atoms with Crippen LogP contribution in [0.1, 0.15) is 12.0 Å². The molecule has 1 aliphatic rings. The van der Waals surface area contributed by atoms with E-state index in [1.165, 1.54) is 11.8 Å². The SMILES string of the molecule is CN=C(NCCCNS(C)(=O)=O)N1CCN(Cc2ccccc2)CC1.I. The largest absolute Gasteiger partial charge is 0.356 e. The van der Waals surface area contributed by atoms with Crippen molar-refractivity contribution in [2.24, 2.45) is 4.99 Å². The Kier molecular flexibility index (Phi) is 10.4. The summed E-state index contributed by atoms with van der Waals surface area (Å²) in [5, 5.41) is 3.31. The molecule has 0 bridgehead atoms. The van der Waals surface area contributed by atoms with Gasteiger partial charge in [0.05, 0.1) is 6.26 Å². The zero-order valence-corrected chi connectivity index (χ0v) is 18.7. The lowest BCUT2D eigenvalue weighted by molar-refractivity contribution is 0.172. The maximum Gasteiger partial charge on any atom is 0.208 e. The van der Waals surface area contributed by atoms with Crippen molar-refractivity contribution in [3.8, 4) is 0 Å². The van der Waals surface area contributed by atoms with Crippen LogP contribution in [-0.4, -0.2) is 76.7 Å². The molecule has 1 aromatic rings. The highest BCUT2D eigenvalue weighted by atomic mass is 127. The first kappa shape index (κ1) is 23.1. The van der Waals surface area contributed by atoms with Crippen molar-refractivity contribution in [1.82, 2.24) is 19.8 Å². The Labute approximate surface area is 174 Å². The number of hydrogen-bond acceptors (Lipinski definition) is 4. The highest BCUT2D eigenvalue weighted by molar-refractivity contribution is 14.0. The van der Waals surface area contributed by atoms with Crippen molar-refractivity contribution in [3.63, 3.8) is 0 Å². The fourth-order valence-electron chi connectivity index (χ4n) is 2.84. The van der Waals surface area contributed by atoms with E-state index >= 15 is 0 Å². The smallest absolute Gasteiger partial charge is 0.208 e. The molecule has 0 spiro atoms. The van der Waals surface area contributed by atoms with Crippen LogP contribution >= 0.6 is 24.0 Å². The van der Waals surface area contributed by atoms with Crippen molar-refractivity contribution < 1.29 is 8.42 Å². The van der Waals surface area contributed by atoms with E-state index in [4.69, 9.17) is 0 Å². The molecular weight excluding hydrogens is 465 g/mol. The minimum absolute atomic E-state index is 0. The third kappa shape index (κ3) is 8.65. The number of nitrogens with zero attached hydrogens (tertiary/aromatic N) is 3. The van der Waals surface area contributed by atoms with Gasteiger partial charge in [-0.1, -0.05) is 30.3 Å². The van der Waals surface area contributed by atoms with Gasteiger partial charge >= 0.3 is 0 Å². The van der Waals surface area contributed by atoms with Crippen LogP contribution in [0.4, 0.5) is 0 Å². The molecule has 0 aromatic heterocycles. The van der Waals surface area contributed by atoms with E-state index in [9.17, 15) is 8.42 Å². The zero-order valence-electron chi connectivity index (χ0n) is 15.5. The summed E-state index contributed by atoms with van der Waals surface area (Å²) in [6, 6.07) is 10.5. The van der Waals surface area contributed by atoms with E-state index in [-0.39, 0.29) is 24.0 Å². The Morgan fingerprint density at radius 3 is 2.35 bits per heavy atom. The molecular formula is C17H30IN5O2S. The maximum atomic E-state index is 11.0. The standard InChI is InChI=1S/C17H29N5O2S.HI/c1-18-17(19-9-6-10-20-25(2,23)24)22-13-11-21(12-14-22)15-16-7-4-3-5-8-16;/h3-5,7-8,20H,6,9-15H2,1-2H3,(H,18,19);1H. The molecule has 1 heterocycles. The third-order valence-corrected chi connectivity index (χ3v) is 4.86. The van der Waals surface area contributed by atoms with E-state index in [1.807, 2.05) is 6.07 Å².